The largest absolute Gasteiger partial charge is 0.347 e. The van der Waals surface area contributed by atoms with E-state index in [-0.39, 0.29) is 37.2 Å². The average molecular weight is 342 g/mol. The lowest BCUT2D eigenvalue weighted by atomic mass is 10.0. The molecule has 24 heavy (non-hydrogen) atoms. The van der Waals surface area contributed by atoms with Crippen LogP contribution in [-0.4, -0.2) is 55.1 Å². The number of carbonyl (C=O) groups excluding carboxylic acids is 5. The molecule has 4 N–H and O–H groups in total. The fourth-order valence-corrected chi connectivity index (χ4v) is 1.73. The molecule has 9 heteroatoms. The molecule has 0 aliphatic rings. The highest BCUT2D eigenvalue weighted by molar-refractivity contribution is 5.92. The highest BCUT2D eigenvalue weighted by Crippen LogP contribution is 2.04. The van der Waals surface area contributed by atoms with E-state index in [9.17, 15) is 24.0 Å². The van der Waals surface area contributed by atoms with E-state index in [1.165, 1.54) is 13.8 Å². The molecule has 9 nitrogen and oxygen atoms in total. The van der Waals surface area contributed by atoms with Gasteiger partial charge < -0.3 is 21.3 Å². The summed E-state index contributed by atoms with van der Waals surface area (Å²) in [6, 6.07) is -0.788. The fraction of sp³-hybridized carbons (Fsp3) is 0.667. The number of ketones is 1. The molecular formula is C15H26N4O5. The van der Waals surface area contributed by atoms with E-state index in [0.29, 0.717) is 6.42 Å². The van der Waals surface area contributed by atoms with Gasteiger partial charge in [0.25, 0.3) is 0 Å². The zero-order valence-electron chi connectivity index (χ0n) is 14.5. The van der Waals surface area contributed by atoms with Crippen LogP contribution < -0.4 is 21.3 Å². The Kier molecular flexibility index (Phi) is 10.0. The third-order valence-electron chi connectivity index (χ3n) is 2.81. The first kappa shape index (κ1) is 21.6. The molecule has 0 spiro atoms. The van der Waals surface area contributed by atoms with E-state index >= 15 is 0 Å². The molecule has 4 amide bonds. The first-order valence-corrected chi connectivity index (χ1v) is 7.69. The molecule has 0 aliphatic heterocycles. The molecule has 0 saturated heterocycles. The Bertz CT molecular complexity index is 490. The standard InChI is InChI=1S/C15H26N4O5/c1-9(2)5-12(15(24)18-6-10(3)20)19-14(23)8-17-13(22)7-16-11(4)21/h9,12H,5-8H2,1-4H3,(H,16,21)(H,17,22)(H,18,24)(H,19,23)/t12-/m1/s1. The highest BCUT2D eigenvalue weighted by Gasteiger charge is 2.22. The molecule has 0 aromatic carbocycles. The van der Waals surface area contributed by atoms with Crippen LogP contribution in [0.1, 0.15) is 34.1 Å². The molecule has 0 radical (unpaired) electrons. The van der Waals surface area contributed by atoms with E-state index in [1.807, 2.05) is 13.8 Å². The first-order chi connectivity index (χ1) is 11.1. The minimum absolute atomic E-state index is 0.100. The molecule has 136 valence electrons. The Morgan fingerprint density at radius 3 is 1.88 bits per heavy atom. The van der Waals surface area contributed by atoms with Gasteiger partial charge in [-0.3, -0.25) is 24.0 Å². The average Bonchev–Trinajstić information content (AvgIpc) is 2.47. The van der Waals surface area contributed by atoms with E-state index in [2.05, 4.69) is 21.3 Å². The van der Waals surface area contributed by atoms with Crippen molar-refractivity contribution in [2.24, 2.45) is 5.92 Å². The van der Waals surface area contributed by atoms with Gasteiger partial charge in [-0.1, -0.05) is 13.8 Å². The molecule has 0 saturated carbocycles. The molecule has 0 aromatic rings. The van der Waals surface area contributed by atoms with Crippen molar-refractivity contribution in [3.63, 3.8) is 0 Å². The number of nitrogens with one attached hydrogen (secondary N) is 4. The molecular weight excluding hydrogens is 316 g/mol. The van der Waals surface area contributed by atoms with Crippen molar-refractivity contribution in [1.82, 2.24) is 21.3 Å². The predicted octanol–water partition coefficient (Wildman–Crippen LogP) is -1.53. The molecule has 1 atom stereocenters. The lowest BCUT2D eigenvalue weighted by Gasteiger charge is -2.20. The molecule has 0 fully saturated rings. The summed E-state index contributed by atoms with van der Waals surface area (Å²) >= 11 is 0. The summed E-state index contributed by atoms with van der Waals surface area (Å²) in [7, 11) is 0. The van der Waals surface area contributed by atoms with Crippen molar-refractivity contribution in [2.75, 3.05) is 19.6 Å². The third kappa shape index (κ3) is 11.2. The van der Waals surface area contributed by atoms with Crippen LogP contribution in [0.15, 0.2) is 0 Å². The summed E-state index contributed by atoms with van der Waals surface area (Å²) in [5.41, 5.74) is 0. The van der Waals surface area contributed by atoms with Crippen LogP contribution in [0.25, 0.3) is 0 Å². The number of amides is 4. The van der Waals surface area contributed by atoms with Gasteiger partial charge in [-0.05, 0) is 19.3 Å². The Hall–Kier alpha value is -2.45. The van der Waals surface area contributed by atoms with Crippen LogP contribution in [0, 0.1) is 5.92 Å². The van der Waals surface area contributed by atoms with Crippen LogP contribution in [0.2, 0.25) is 0 Å². The second-order valence-corrected chi connectivity index (χ2v) is 5.86. The van der Waals surface area contributed by atoms with E-state index in [0.717, 1.165) is 0 Å². The first-order valence-electron chi connectivity index (χ1n) is 7.69. The number of hydrogen-bond acceptors (Lipinski definition) is 5. The molecule has 0 bridgehead atoms. The van der Waals surface area contributed by atoms with Crippen molar-refractivity contribution in [2.45, 2.75) is 40.2 Å². The third-order valence-corrected chi connectivity index (χ3v) is 2.81. The maximum atomic E-state index is 12.0. The van der Waals surface area contributed by atoms with Crippen LogP contribution in [0.5, 0.6) is 0 Å². The fourth-order valence-electron chi connectivity index (χ4n) is 1.73. The van der Waals surface area contributed by atoms with Gasteiger partial charge in [0.15, 0.2) is 0 Å². The van der Waals surface area contributed by atoms with Crippen molar-refractivity contribution < 1.29 is 24.0 Å². The SMILES string of the molecule is CC(=O)CNC(=O)[C@@H](CC(C)C)NC(=O)CNC(=O)CNC(C)=O. The van der Waals surface area contributed by atoms with Crippen LogP contribution in [0.3, 0.4) is 0 Å². The second-order valence-electron chi connectivity index (χ2n) is 5.86. The summed E-state index contributed by atoms with van der Waals surface area (Å²) in [6.07, 6.45) is 0.398. The van der Waals surface area contributed by atoms with Crippen molar-refractivity contribution in [3.05, 3.63) is 0 Å². The Morgan fingerprint density at radius 2 is 1.38 bits per heavy atom. The number of carbonyl (C=O) groups is 5. The van der Waals surface area contributed by atoms with E-state index in [1.54, 1.807) is 0 Å². The minimum Gasteiger partial charge on any atom is -0.347 e. The van der Waals surface area contributed by atoms with Gasteiger partial charge in [0.05, 0.1) is 19.6 Å². The van der Waals surface area contributed by atoms with Gasteiger partial charge >= 0.3 is 0 Å². The van der Waals surface area contributed by atoms with E-state index in [4.69, 9.17) is 0 Å². The van der Waals surface area contributed by atoms with Gasteiger partial charge in [0.2, 0.25) is 23.6 Å². The normalized spacial score (nSPS) is 11.4. The number of hydrogen-bond donors (Lipinski definition) is 4. The maximum absolute atomic E-state index is 12.0. The smallest absolute Gasteiger partial charge is 0.242 e. The maximum Gasteiger partial charge on any atom is 0.242 e. The summed E-state index contributed by atoms with van der Waals surface area (Å²) < 4.78 is 0. The summed E-state index contributed by atoms with van der Waals surface area (Å²) in [6.45, 7) is 5.77. The zero-order valence-corrected chi connectivity index (χ0v) is 14.5. The molecule has 0 unspecified atom stereocenters. The second kappa shape index (κ2) is 11.1. The minimum atomic E-state index is -0.788. The molecule has 0 rings (SSSR count). The Labute approximate surface area is 141 Å². The predicted molar refractivity (Wildman–Crippen MR) is 86.8 cm³/mol. The van der Waals surface area contributed by atoms with Crippen LogP contribution in [0.4, 0.5) is 0 Å². The quantitative estimate of drug-likeness (QED) is 0.382. The monoisotopic (exact) mass is 342 g/mol. The number of Topliss-reactive ketones (excluding diaryl/α,β-unsaturated/α-hetero) is 1. The van der Waals surface area contributed by atoms with Crippen LogP contribution >= 0.6 is 0 Å². The van der Waals surface area contributed by atoms with Crippen molar-refractivity contribution in [3.8, 4) is 0 Å². The van der Waals surface area contributed by atoms with Crippen molar-refractivity contribution in [1.29, 1.82) is 0 Å². The highest BCUT2D eigenvalue weighted by atomic mass is 16.2. The number of rotatable bonds is 10. The molecule has 0 aliphatic carbocycles. The van der Waals surface area contributed by atoms with Gasteiger partial charge in [-0.15, -0.1) is 0 Å². The lowest BCUT2D eigenvalue weighted by molar-refractivity contribution is -0.131. The van der Waals surface area contributed by atoms with Gasteiger partial charge in [0.1, 0.15) is 11.8 Å². The lowest BCUT2D eigenvalue weighted by Crippen LogP contribution is -2.51. The van der Waals surface area contributed by atoms with Crippen molar-refractivity contribution >= 4 is 29.4 Å². The Balaban J connectivity index is 4.43. The topological polar surface area (TPSA) is 133 Å². The zero-order chi connectivity index (χ0) is 18.7. The van der Waals surface area contributed by atoms with Crippen LogP contribution in [-0.2, 0) is 24.0 Å². The Morgan fingerprint density at radius 1 is 0.792 bits per heavy atom. The van der Waals surface area contributed by atoms with Gasteiger partial charge in [-0.25, -0.2) is 0 Å². The summed E-state index contributed by atoms with van der Waals surface area (Å²) in [5, 5.41) is 9.62. The van der Waals surface area contributed by atoms with Gasteiger partial charge in [-0.2, -0.15) is 0 Å². The summed E-state index contributed by atoms with van der Waals surface area (Å²) in [5.74, 6) is -1.89. The molecule has 0 heterocycles. The summed E-state index contributed by atoms with van der Waals surface area (Å²) in [4.78, 5) is 56.9. The van der Waals surface area contributed by atoms with E-state index < -0.39 is 23.8 Å². The molecule has 0 aromatic heterocycles. The van der Waals surface area contributed by atoms with Gasteiger partial charge in [0, 0.05) is 6.92 Å².